The topological polar surface area (TPSA) is 24.5 Å². The first-order valence-corrected chi connectivity index (χ1v) is 12.4. The number of thiophene rings is 1. The van der Waals surface area contributed by atoms with Crippen molar-refractivity contribution in [1.29, 1.82) is 0 Å². The number of aryl methyl sites for hydroxylation is 1. The van der Waals surface area contributed by atoms with E-state index < -0.39 is 0 Å². The molecule has 3 nitrogen and oxygen atoms in total. The van der Waals surface area contributed by atoms with Crippen molar-refractivity contribution >= 4 is 11.3 Å². The van der Waals surface area contributed by atoms with Gasteiger partial charge in [0.2, 0.25) is 0 Å². The molecule has 1 saturated heterocycles. The molecule has 4 rings (SSSR count). The van der Waals surface area contributed by atoms with Gasteiger partial charge in [0.25, 0.3) is 0 Å². The normalized spacial score (nSPS) is 19.4. The Kier molecular flexibility index (Phi) is 8.17. The maximum absolute atomic E-state index is 5.56. The predicted molar refractivity (Wildman–Crippen MR) is 131 cm³/mol. The highest BCUT2D eigenvalue weighted by atomic mass is 32.1. The van der Waals surface area contributed by atoms with Gasteiger partial charge in [-0.3, -0.25) is 4.90 Å². The van der Waals surface area contributed by atoms with Gasteiger partial charge < -0.3 is 10.1 Å². The smallest absolute Gasteiger partial charge is 0.123 e. The Morgan fingerprint density at radius 2 is 1.84 bits per heavy atom. The van der Waals surface area contributed by atoms with Gasteiger partial charge in [0.05, 0.1) is 13.2 Å². The van der Waals surface area contributed by atoms with E-state index >= 15 is 0 Å². The number of unbranched alkanes of at least 4 members (excludes halogenated alkanes) is 1. The molecule has 1 aliphatic rings. The highest BCUT2D eigenvalue weighted by Gasteiger charge is 2.32. The lowest BCUT2D eigenvalue weighted by molar-refractivity contribution is 0.109. The number of para-hydroxylation sites is 1. The number of hydrogen-bond donors (Lipinski definition) is 1. The van der Waals surface area contributed by atoms with E-state index in [2.05, 4.69) is 70.2 Å². The fraction of sp³-hybridized carbons (Fsp3) is 0.407. The van der Waals surface area contributed by atoms with E-state index in [4.69, 9.17) is 4.74 Å². The summed E-state index contributed by atoms with van der Waals surface area (Å²) in [6.45, 7) is 3.19. The van der Waals surface area contributed by atoms with Crippen molar-refractivity contribution in [3.8, 4) is 5.75 Å². The van der Waals surface area contributed by atoms with Crippen molar-refractivity contribution in [2.45, 2.75) is 50.7 Å². The molecule has 0 radical (unpaired) electrons. The molecule has 0 aliphatic carbocycles. The van der Waals surface area contributed by atoms with Gasteiger partial charge in [0.15, 0.2) is 0 Å². The molecule has 31 heavy (non-hydrogen) atoms. The molecule has 2 aromatic carbocycles. The Balaban J connectivity index is 1.42. The molecular formula is C27H34N2OS. The van der Waals surface area contributed by atoms with Crippen molar-refractivity contribution < 1.29 is 4.74 Å². The number of nitrogens with zero attached hydrogens (tertiary/aromatic N) is 1. The van der Waals surface area contributed by atoms with Crippen LogP contribution in [0.4, 0.5) is 0 Å². The molecule has 2 atom stereocenters. The zero-order valence-electron chi connectivity index (χ0n) is 18.5. The predicted octanol–water partition coefficient (Wildman–Crippen LogP) is 6.07. The van der Waals surface area contributed by atoms with E-state index in [1.807, 2.05) is 23.5 Å². The van der Waals surface area contributed by atoms with E-state index in [0.29, 0.717) is 12.1 Å². The molecule has 2 heterocycles. The molecular weight excluding hydrogens is 400 g/mol. The van der Waals surface area contributed by atoms with Crippen molar-refractivity contribution in [2.75, 3.05) is 20.2 Å². The van der Waals surface area contributed by atoms with E-state index in [-0.39, 0.29) is 0 Å². The Morgan fingerprint density at radius 1 is 1.00 bits per heavy atom. The minimum atomic E-state index is 0.423. The lowest BCUT2D eigenvalue weighted by atomic mass is 9.89. The summed E-state index contributed by atoms with van der Waals surface area (Å²) in [7, 11) is 1.75. The fourth-order valence-electron chi connectivity index (χ4n) is 4.78. The summed E-state index contributed by atoms with van der Waals surface area (Å²) in [5, 5.41) is 6.07. The van der Waals surface area contributed by atoms with Gasteiger partial charge in [-0.05, 0) is 68.3 Å². The summed E-state index contributed by atoms with van der Waals surface area (Å²) in [5.41, 5.74) is 2.66. The molecule has 0 spiro atoms. The molecule has 0 bridgehead atoms. The van der Waals surface area contributed by atoms with Gasteiger partial charge in [-0.15, -0.1) is 11.3 Å². The van der Waals surface area contributed by atoms with Crippen molar-refractivity contribution in [3.63, 3.8) is 0 Å². The average Bonchev–Trinajstić information content (AvgIpc) is 3.35. The van der Waals surface area contributed by atoms with Gasteiger partial charge in [-0.1, -0.05) is 54.6 Å². The number of piperidine rings is 1. The molecule has 0 unspecified atom stereocenters. The molecule has 164 valence electrons. The second-order valence-corrected chi connectivity index (χ2v) is 9.40. The second kappa shape index (κ2) is 11.5. The van der Waals surface area contributed by atoms with Crippen LogP contribution in [0.25, 0.3) is 0 Å². The third-order valence-corrected chi connectivity index (χ3v) is 7.26. The number of likely N-dealkylation sites (tertiary alicyclic amines) is 1. The van der Waals surface area contributed by atoms with E-state index in [1.54, 1.807) is 7.11 Å². The van der Waals surface area contributed by atoms with E-state index in [1.165, 1.54) is 54.7 Å². The summed E-state index contributed by atoms with van der Waals surface area (Å²) < 4.78 is 5.56. The summed E-state index contributed by atoms with van der Waals surface area (Å²) in [6.07, 6.45) is 6.17. The largest absolute Gasteiger partial charge is 0.496 e. The van der Waals surface area contributed by atoms with Gasteiger partial charge >= 0.3 is 0 Å². The molecule has 0 amide bonds. The summed E-state index contributed by atoms with van der Waals surface area (Å²) >= 11 is 1.88. The third kappa shape index (κ3) is 5.97. The maximum Gasteiger partial charge on any atom is 0.123 e. The summed E-state index contributed by atoms with van der Waals surface area (Å²) in [5.74, 6) is 0.965. The number of nitrogens with one attached hydrogen (secondary N) is 1. The quantitative estimate of drug-likeness (QED) is 0.392. The first-order valence-electron chi connectivity index (χ1n) is 11.5. The number of ether oxygens (including phenoxy) is 1. The third-order valence-electron chi connectivity index (χ3n) is 6.32. The van der Waals surface area contributed by atoms with Crippen LogP contribution < -0.4 is 10.1 Å². The van der Waals surface area contributed by atoms with Gasteiger partial charge in [0.1, 0.15) is 5.75 Å². The number of benzene rings is 2. The van der Waals surface area contributed by atoms with Crippen LogP contribution in [0.5, 0.6) is 5.75 Å². The number of rotatable bonds is 10. The summed E-state index contributed by atoms with van der Waals surface area (Å²) in [4.78, 5) is 4.22. The van der Waals surface area contributed by atoms with Gasteiger partial charge in [-0.25, -0.2) is 0 Å². The van der Waals surface area contributed by atoms with Crippen LogP contribution in [0, 0.1) is 0 Å². The van der Waals surface area contributed by atoms with Crippen molar-refractivity contribution in [1.82, 2.24) is 10.2 Å². The minimum absolute atomic E-state index is 0.423. The standard InChI is InChI=1S/C27H34N2OS/c1-30-26-17-6-5-13-23(26)21-28-25-16-9-19-29(27(25)22-11-3-2-4-12-22)18-8-7-14-24-15-10-20-31-24/h2-6,10-13,15,17,20,25,27-28H,7-9,14,16,18-19,21H2,1H3/t25-,27-/m0/s1. The highest BCUT2D eigenvalue weighted by molar-refractivity contribution is 7.09. The van der Waals surface area contributed by atoms with Crippen LogP contribution in [0.3, 0.4) is 0 Å². The highest BCUT2D eigenvalue weighted by Crippen LogP contribution is 2.32. The maximum atomic E-state index is 5.56. The first-order chi connectivity index (χ1) is 15.3. The Morgan fingerprint density at radius 3 is 2.65 bits per heavy atom. The van der Waals surface area contributed by atoms with Crippen molar-refractivity contribution in [2.24, 2.45) is 0 Å². The van der Waals surface area contributed by atoms with Crippen LogP contribution in [-0.4, -0.2) is 31.1 Å². The molecule has 1 fully saturated rings. The fourth-order valence-corrected chi connectivity index (χ4v) is 5.53. The van der Waals surface area contributed by atoms with Crippen LogP contribution in [0.1, 0.15) is 47.7 Å². The van der Waals surface area contributed by atoms with Gasteiger partial charge in [-0.2, -0.15) is 0 Å². The Bertz CT molecular complexity index is 897. The second-order valence-electron chi connectivity index (χ2n) is 8.37. The summed E-state index contributed by atoms with van der Waals surface area (Å²) in [6, 6.07) is 24.7. The van der Waals surface area contributed by atoms with Crippen LogP contribution in [0.2, 0.25) is 0 Å². The number of hydrogen-bond acceptors (Lipinski definition) is 4. The molecule has 1 N–H and O–H groups in total. The Hall–Kier alpha value is -2.14. The molecule has 0 saturated carbocycles. The molecule has 3 aromatic rings. The lowest BCUT2D eigenvalue weighted by Gasteiger charge is -2.42. The first kappa shape index (κ1) is 22.1. The molecule has 4 heteroatoms. The van der Waals surface area contributed by atoms with Gasteiger partial charge in [0, 0.05) is 23.0 Å². The zero-order chi connectivity index (χ0) is 21.3. The van der Waals surface area contributed by atoms with Crippen LogP contribution in [0.15, 0.2) is 72.1 Å². The zero-order valence-corrected chi connectivity index (χ0v) is 19.3. The SMILES string of the molecule is COc1ccccc1CN[C@H]1CCCN(CCCCc2cccs2)[C@H]1c1ccccc1. The minimum Gasteiger partial charge on any atom is -0.496 e. The number of methoxy groups -OCH3 is 1. The van der Waals surface area contributed by atoms with E-state index in [9.17, 15) is 0 Å². The Labute approximate surface area is 191 Å². The van der Waals surface area contributed by atoms with E-state index in [0.717, 1.165) is 18.8 Å². The average molecular weight is 435 g/mol. The van der Waals surface area contributed by atoms with Crippen LogP contribution >= 0.6 is 11.3 Å². The van der Waals surface area contributed by atoms with Crippen LogP contribution in [-0.2, 0) is 13.0 Å². The molecule has 1 aliphatic heterocycles. The molecule has 1 aromatic heterocycles. The monoisotopic (exact) mass is 434 g/mol. The lowest BCUT2D eigenvalue weighted by Crippen LogP contribution is -2.48. The van der Waals surface area contributed by atoms with Crippen molar-refractivity contribution in [3.05, 3.63) is 88.1 Å².